The first-order valence-corrected chi connectivity index (χ1v) is 10.2. The van der Waals surface area contributed by atoms with Crippen LogP contribution in [0, 0.1) is 0 Å². The van der Waals surface area contributed by atoms with Gasteiger partial charge in [-0.3, -0.25) is 0 Å². The number of hydrogen-bond acceptors (Lipinski definition) is 3. The number of thiocarbonyl (C=S) groups is 1. The van der Waals surface area contributed by atoms with E-state index < -0.39 is 0 Å². The van der Waals surface area contributed by atoms with Crippen molar-refractivity contribution < 1.29 is 9.47 Å². The molecule has 1 heterocycles. The maximum absolute atomic E-state index is 6.21. The minimum atomic E-state index is 0.314. The van der Waals surface area contributed by atoms with Crippen LogP contribution >= 0.6 is 51.3 Å². The van der Waals surface area contributed by atoms with Gasteiger partial charge in [0.15, 0.2) is 11.5 Å². The fraction of sp³-hybridized carbons (Fsp3) is 0.316. The van der Waals surface area contributed by atoms with Crippen molar-refractivity contribution in [3.8, 4) is 11.5 Å². The molecule has 1 fully saturated rings. The SMILES string of the molecule is COc1cc(C(=S)N2CCCC2)c(Br)cc1OCc1ccc(Cl)cc1Cl. The highest BCUT2D eigenvalue weighted by molar-refractivity contribution is 9.10. The lowest BCUT2D eigenvalue weighted by Crippen LogP contribution is -2.27. The number of methoxy groups -OCH3 is 1. The number of hydrogen-bond donors (Lipinski definition) is 0. The summed E-state index contributed by atoms with van der Waals surface area (Å²) < 4.78 is 12.3. The van der Waals surface area contributed by atoms with E-state index in [2.05, 4.69) is 20.8 Å². The fourth-order valence-corrected chi connectivity index (χ4v) is 4.31. The van der Waals surface area contributed by atoms with Crippen molar-refractivity contribution in [1.29, 1.82) is 0 Å². The average molecular weight is 475 g/mol. The smallest absolute Gasteiger partial charge is 0.162 e. The summed E-state index contributed by atoms with van der Waals surface area (Å²) in [5.41, 5.74) is 1.79. The van der Waals surface area contributed by atoms with Gasteiger partial charge in [-0.05, 0) is 53.0 Å². The van der Waals surface area contributed by atoms with Gasteiger partial charge in [-0.2, -0.15) is 0 Å². The molecule has 1 saturated heterocycles. The van der Waals surface area contributed by atoms with E-state index in [1.807, 2.05) is 18.2 Å². The largest absolute Gasteiger partial charge is 0.493 e. The normalized spacial score (nSPS) is 13.8. The van der Waals surface area contributed by atoms with Gasteiger partial charge >= 0.3 is 0 Å². The van der Waals surface area contributed by atoms with E-state index in [-0.39, 0.29) is 0 Å². The third kappa shape index (κ3) is 4.45. The Kier molecular flexibility index (Phi) is 6.67. The van der Waals surface area contributed by atoms with Crippen molar-refractivity contribution in [2.75, 3.05) is 20.2 Å². The van der Waals surface area contributed by atoms with E-state index in [0.717, 1.165) is 33.7 Å². The highest BCUT2D eigenvalue weighted by Gasteiger charge is 2.20. The van der Waals surface area contributed by atoms with Gasteiger partial charge in [0.25, 0.3) is 0 Å². The number of halogens is 3. The lowest BCUT2D eigenvalue weighted by molar-refractivity contribution is 0.284. The van der Waals surface area contributed by atoms with Crippen molar-refractivity contribution >= 4 is 56.3 Å². The number of benzene rings is 2. The van der Waals surface area contributed by atoms with Gasteiger partial charge in [-0.25, -0.2) is 0 Å². The second-order valence-electron chi connectivity index (χ2n) is 6.01. The molecule has 1 aliphatic rings. The van der Waals surface area contributed by atoms with Gasteiger partial charge in [0.05, 0.1) is 7.11 Å². The number of nitrogens with zero attached hydrogens (tertiary/aromatic N) is 1. The second kappa shape index (κ2) is 8.79. The topological polar surface area (TPSA) is 21.7 Å². The predicted molar refractivity (Wildman–Crippen MR) is 114 cm³/mol. The van der Waals surface area contributed by atoms with E-state index >= 15 is 0 Å². The molecule has 0 atom stereocenters. The molecule has 7 heteroatoms. The first-order valence-electron chi connectivity index (χ1n) is 8.23. The van der Waals surface area contributed by atoms with Gasteiger partial charge in [-0.1, -0.05) is 41.5 Å². The Morgan fingerprint density at radius 3 is 2.54 bits per heavy atom. The maximum atomic E-state index is 6.21. The summed E-state index contributed by atoms with van der Waals surface area (Å²) in [6.45, 7) is 2.32. The molecule has 2 aromatic carbocycles. The second-order valence-corrected chi connectivity index (χ2v) is 8.09. The fourth-order valence-electron chi connectivity index (χ4n) is 2.86. The van der Waals surface area contributed by atoms with Crippen molar-refractivity contribution in [3.05, 3.63) is 56.0 Å². The van der Waals surface area contributed by atoms with Crippen molar-refractivity contribution in [2.24, 2.45) is 0 Å². The summed E-state index contributed by atoms with van der Waals surface area (Å²) in [7, 11) is 1.62. The molecule has 0 aromatic heterocycles. The molecular formula is C19H18BrCl2NO2S. The van der Waals surface area contributed by atoms with Crippen LogP contribution in [0.5, 0.6) is 11.5 Å². The highest BCUT2D eigenvalue weighted by Crippen LogP contribution is 2.36. The van der Waals surface area contributed by atoms with Gasteiger partial charge in [0.1, 0.15) is 11.6 Å². The molecule has 0 radical (unpaired) electrons. The van der Waals surface area contributed by atoms with Crippen LogP contribution in [0.15, 0.2) is 34.8 Å². The Hall–Kier alpha value is -1.01. The summed E-state index contributed by atoms with van der Waals surface area (Å²) in [6.07, 6.45) is 2.36. The third-order valence-corrected chi connectivity index (χ3v) is 6.00. The molecule has 26 heavy (non-hydrogen) atoms. The molecule has 138 valence electrons. The van der Waals surface area contributed by atoms with Crippen molar-refractivity contribution in [1.82, 2.24) is 4.90 Å². The lowest BCUT2D eigenvalue weighted by atomic mass is 10.2. The first-order chi connectivity index (χ1) is 12.5. The Morgan fingerprint density at radius 2 is 1.88 bits per heavy atom. The number of rotatable bonds is 5. The standard InChI is InChI=1S/C19H18BrCl2NO2S/c1-24-17-9-14(19(26)23-6-2-3-7-23)15(20)10-18(17)25-11-12-4-5-13(21)8-16(12)22/h4-5,8-10H,2-3,6-7,11H2,1H3. The molecule has 3 rings (SSSR count). The van der Waals surface area contributed by atoms with Crippen LogP contribution < -0.4 is 9.47 Å². The molecule has 0 unspecified atom stereocenters. The minimum Gasteiger partial charge on any atom is -0.493 e. The summed E-state index contributed by atoms with van der Waals surface area (Å²) in [5, 5.41) is 1.17. The lowest BCUT2D eigenvalue weighted by Gasteiger charge is -2.21. The number of likely N-dealkylation sites (tertiary alicyclic amines) is 1. The zero-order valence-corrected chi connectivity index (χ0v) is 18.1. The Bertz CT molecular complexity index is 825. The summed E-state index contributed by atoms with van der Waals surface area (Å²) >= 11 is 21.4. The Labute approximate surface area is 177 Å². The Balaban J connectivity index is 1.81. The van der Waals surface area contributed by atoms with E-state index in [9.17, 15) is 0 Å². The van der Waals surface area contributed by atoms with E-state index in [1.165, 1.54) is 12.8 Å². The Morgan fingerprint density at radius 1 is 1.15 bits per heavy atom. The zero-order chi connectivity index (χ0) is 18.7. The molecule has 0 spiro atoms. The molecule has 3 nitrogen and oxygen atoms in total. The van der Waals surface area contributed by atoms with Crippen LogP contribution in [-0.4, -0.2) is 30.1 Å². The van der Waals surface area contributed by atoms with Crippen LogP contribution in [-0.2, 0) is 6.61 Å². The molecule has 0 aliphatic carbocycles. The average Bonchev–Trinajstić information content (AvgIpc) is 3.15. The molecular weight excluding hydrogens is 457 g/mol. The summed E-state index contributed by atoms with van der Waals surface area (Å²) in [6, 6.07) is 9.15. The van der Waals surface area contributed by atoms with Crippen LogP contribution in [0.25, 0.3) is 0 Å². The third-order valence-electron chi connectivity index (χ3n) is 4.28. The van der Waals surface area contributed by atoms with Crippen molar-refractivity contribution in [3.63, 3.8) is 0 Å². The number of ether oxygens (including phenoxy) is 2. The quantitative estimate of drug-likeness (QED) is 0.487. The van der Waals surface area contributed by atoms with Crippen molar-refractivity contribution in [2.45, 2.75) is 19.4 Å². The monoisotopic (exact) mass is 473 g/mol. The van der Waals surface area contributed by atoms with E-state index in [4.69, 9.17) is 44.9 Å². The van der Waals surface area contributed by atoms with Crippen LogP contribution in [0.3, 0.4) is 0 Å². The van der Waals surface area contributed by atoms with Crippen LogP contribution in [0.2, 0.25) is 10.0 Å². The predicted octanol–water partition coefficient (Wildman–Crippen LogP) is 6.11. The van der Waals surface area contributed by atoms with E-state index in [1.54, 1.807) is 19.2 Å². The van der Waals surface area contributed by atoms with Crippen LogP contribution in [0.4, 0.5) is 0 Å². The molecule has 0 saturated carbocycles. The van der Waals surface area contributed by atoms with Crippen LogP contribution in [0.1, 0.15) is 24.0 Å². The zero-order valence-electron chi connectivity index (χ0n) is 14.2. The molecule has 0 bridgehead atoms. The molecule has 0 N–H and O–H groups in total. The molecule has 1 aliphatic heterocycles. The first kappa shape index (κ1) is 19.7. The van der Waals surface area contributed by atoms with Gasteiger partial charge < -0.3 is 14.4 Å². The highest BCUT2D eigenvalue weighted by atomic mass is 79.9. The maximum Gasteiger partial charge on any atom is 0.162 e. The molecule has 2 aromatic rings. The van der Waals surface area contributed by atoms with Gasteiger partial charge in [0, 0.05) is 38.7 Å². The van der Waals surface area contributed by atoms with Gasteiger partial charge in [0.2, 0.25) is 0 Å². The minimum absolute atomic E-state index is 0.314. The summed E-state index contributed by atoms with van der Waals surface area (Å²) in [4.78, 5) is 3.06. The van der Waals surface area contributed by atoms with Gasteiger partial charge in [-0.15, -0.1) is 0 Å². The summed E-state index contributed by atoms with van der Waals surface area (Å²) in [5.74, 6) is 1.26. The molecule has 0 amide bonds. The van der Waals surface area contributed by atoms with E-state index in [0.29, 0.717) is 28.2 Å².